The molecule has 120 valence electrons. The molecule has 3 rings (SSSR count). The van der Waals surface area contributed by atoms with Crippen LogP contribution in [0.15, 0.2) is 59.3 Å². The van der Waals surface area contributed by atoms with Gasteiger partial charge in [-0.15, -0.1) is 0 Å². The van der Waals surface area contributed by atoms with Gasteiger partial charge in [-0.2, -0.15) is 0 Å². The summed E-state index contributed by atoms with van der Waals surface area (Å²) in [5, 5.41) is 3.19. The Morgan fingerprint density at radius 2 is 1.87 bits per heavy atom. The minimum Gasteiger partial charge on any atom is -0.313 e. The summed E-state index contributed by atoms with van der Waals surface area (Å²) in [5.74, 6) is 0.505. The molecule has 0 bridgehead atoms. The number of nitrogens with one attached hydrogen (secondary N) is 2. The third-order valence-corrected chi connectivity index (χ3v) is 4.97. The molecule has 0 radical (unpaired) electrons. The molecule has 1 aliphatic heterocycles. The van der Waals surface area contributed by atoms with E-state index in [9.17, 15) is 8.42 Å². The molecule has 1 aromatic heterocycles. The van der Waals surface area contributed by atoms with Gasteiger partial charge in [-0.3, -0.25) is 0 Å². The van der Waals surface area contributed by atoms with Gasteiger partial charge in [0.1, 0.15) is 4.90 Å². The predicted molar refractivity (Wildman–Crippen MR) is 88.2 cm³/mol. The molecule has 0 saturated heterocycles. The van der Waals surface area contributed by atoms with Crippen LogP contribution in [0.1, 0.15) is 6.42 Å². The predicted octanol–water partition coefficient (Wildman–Crippen LogP) is 1.34. The Bertz CT molecular complexity index is 787. The molecule has 0 aliphatic carbocycles. The molecular formula is C16H18N4O2S. The molecule has 23 heavy (non-hydrogen) atoms. The molecule has 0 spiro atoms. The van der Waals surface area contributed by atoms with Gasteiger partial charge in [0.15, 0.2) is 5.82 Å². The molecule has 6 nitrogen and oxygen atoms in total. The highest BCUT2D eigenvalue weighted by atomic mass is 32.2. The molecule has 0 atom stereocenters. The Balaban J connectivity index is 1.71. The minimum absolute atomic E-state index is 0.0757. The standard InChI is InChI=1S/C16H18N4O2S/c21-23(22,20-10-13-6-8-17-9-7-13)15-11-18-16(19-12-15)14-4-2-1-3-5-14/h1-6,11-12,17,20H,7-10H2. The Kier molecular flexibility index (Phi) is 4.80. The van der Waals surface area contributed by atoms with Gasteiger partial charge >= 0.3 is 0 Å². The van der Waals surface area contributed by atoms with Crippen LogP contribution < -0.4 is 10.0 Å². The van der Waals surface area contributed by atoms with Crippen LogP contribution in [0.2, 0.25) is 0 Å². The maximum Gasteiger partial charge on any atom is 0.243 e. The first-order valence-electron chi connectivity index (χ1n) is 7.41. The van der Waals surface area contributed by atoms with E-state index in [1.165, 1.54) is 12.4 Å². The molecule has 1 aliphatic rings. The van der Waals surface area contributed by atoms with Gasteiger partial charge in [-0.25, -0.2) is 23.1 Å². The zero-order valence-corrected chi connectivity index (χ0v) is 13.4. The molecule has 2 N–H and O–H groups in total. The largest absolute Gasteiger partial charge is 0.313 e. The van der Waals surface area contributed by atoms with Crippen LogP contribution in [0.5, 0.6) is 0 Å². The highest BCUT2D eigenvalue weighted by Crippen LogP contribution is 2.15. The fraction of sp³-hybridized carbons (Fsp3) is 0.250. The van der Waals surface area contributed by atoms with Crippen molar-refractivity contribution in [1.29, 1.82) is 0 Å². The lowest BCUT2D eigenvalue weighted by Gasteiger charge is -2.14. The SMILES string of the molecule is O=S(=O)(NCC1=CCNCC1)c1cnc(-c2ccccc2)nc1. The van der Waals surface area contributed by atoms with E-state index in [4.69, 9.17) is 0 Å². The zero-order chi connectivity index (χ0) is 16.1. The van der Waals surface area contributed by atoms with Crippen molar-refractivity contribution in [3.8, 4) is 11.4 Å². The number of rotatable bonds is 5. The maximum atomic E-state index is 12.3. The molecule has 1 aromatic carbocycles. The van der Waals surface area contributed by atoms with Crippen molar-refractivity contribution < 1.29 is 8.42 Å². The highest BCUT2D eigenvalue weighted by molar-refractivity contribution is 7.89. The number of hydrogen-bond acceptors (Lipinski definition) is 5. The monoisotopic (exact) mass is 330 g/mol. The summed E-state index contributed by atoms with van der Waals surface area (Å²) in [6, 6.07) is 9.44. The van der Waals surface area contributed by atoms with Crippen molar-refractivity contribution in [3.63, 3.8) is 0 Å². The first kappa shape index (κ1) is 15.8. The number of nitrogens with zero attached hydrogens (tertiary/aromatic N) is 2. The van der Waals surface area contributed by atoms with E-state index < -0.39 is 10.0 Å². The molecule has 7 heteroatoms. The first-order valence-corrected chi connectivity index (χ1v) is 8.89. The van der Waals surface area contributed by atoms with Crippen molar-refractivity contribution in [2.45, 2.75) is 11.3 Å². The van der Waals surface area contributed by atoms with E-state index in [0.717, 1.165) is 30.6 Å². The normalized spacial score (nSPS) is 15.2. The topological polar surface area (TPSA) is 84.0 Å². The van der Waals surface area contributed by atoms with E-state index in [0.29, 0.717) is 12.4 Å². The van der Waals surface area contributed by atoms with Crippen LogP contribution in [0.3, 0.4) is 0 Å². The van der Waals surface area contributed by atoms with E-state index in [1.807, 2.05) is 36.4 Å². The zero-order valence-electron chi connectivity index (χ0n) is 12.6. The summed E-state index contributed by atoms with van der Waals surface area (Å²) >= 11 is 0. The first-order chi connectivity index (χ1) is 11.1. The van der Waals surface area contributed by atoms with E-state index in [1.54, 1.807) is 0 Å². The van der Waals surface area contributed by atoms with Gasteiger partial charge < -0.3 is 5.32 Å². The van der Waals surface area contributed by atoms with Crippen LogP contribution in [-0.4, -0.2) is 38.0 Å². The Morgan fingerprint density at radius 1 is 1.13 bits per heavy atom. The summed E-state index contributed by atoms with van der Waals surface area (Å²) in [4.78, 5) is 8.39. The summed E-state index contributed by atoms with van der Waals surface area (Å²) in [5.41, 5.74) is 1.94. The second-order valence-electron chi connectivity index (χ2n) is 5.25. The van der Waals surface area contributed by atoms with Gasteiger partial charge in [0.05, 0.1) is 12.4 Å². The van der Waals surface area contributed by atoms with Gasteiger partial charge in [-0.1, -0.05) is 42.0 Å². The van der Waals surface area contributed by atoms with Crippen molar-refractivity contribution >= 4 is 10.0 Å². The average Bonchev–Trinajstić information content (AvgIpc) is 2.62. The van der Waals surface area contributed by atoms with Crippen LogP contribution >= 0.6 is 0 Å². The fourth-order valence-corrected chi connectivity index (χ4v) is 3.22. The van der Waals surface area contributed by atoms with Crippen LogP contribution in [0.4, 0.5) is 0 Å². The van der Waals surface area contributed by atoms with Crippen molar-refractivity contribution in [3.05, 3.63) is 54.4 Å². The molecule has 0 saturated carbocycles. The quantitative estimate of drug-likeness (QED) is 0.808. The smallest absolute Gasteiger partial charge is 0.243 e. The van der Waals surface area contributed by atoms with E-state index in [-0.39, 0.29) is 4.90 Å². The molecule has 2 aromatic rings. The van der Waals surface area contributed by atoms with Crippen LogP contribution in [0.25, 0.3) is 11.4 Å². The summed E-state index contributed by atoms with van der Waals surface area (Å²) in [6.07, 6.45) is 5.55. The molecule has 2 heterocycles. The highest BCUT2D eigenvalue weighted by Gasteiger charge is 2.16. The van der Waals surface area contributed by atoms with Gasteiger partial charge in [-0.05, 0) is 13.0 Å². The Hall–Kier alpha value is -2.09. The second-order valence-corrected chi connectivity index (χ2v) is 7.02. The third-order valence-electron chi connectivity index (χ3n) is 3.62. The number of sulfonamides is 1. The molecule has 0 unspecified atom stereocenters. The fourth-order valence-electron chi connectivity index (χ4n) is 2.29. The summed E-state index contributed by atoms with van der Waals surface area (Å²) in [6.45, 7) is 1.98. The summed E-state index contributed by atoms with van der Waals surface area (Å²) < 4.78 is 27.2. The third kappa shape index (κ3) is 4.01. The van der Waals surface area contributed by atoms with Crippen molar-refractivity contribution in [2.75, 3.05) is 19.6 Å². The lowest BCUT2D eigenvalue weighted by atomic mass is 10.1. The number of hydrogen-bond donors (Lipinski definition) is 2. The maximum absolute atomic E-state index is 12.3. The van der Waals surface area contributed by atoms with Crippen LogP contribution in [-0.2, 0) is 10.0 Å². The van der Waals surface area contributed by atoms with E-state index in [2.05, 4.69) is 20.0 Å². The summed E-state index contributed by atoms with van der Waals surface area (Å²) in [7, 11) is -3.59. The van der Waals surface area contributed by atoms with Gasteiger partial charge in [0, 0.05) is 18.7 Å². The lowest BCUT2D eigenvalue weighted by molar-refractivity contribution is 0.581. The van der Waals surface area contributed by atoms with Crippen LogP contribution in [0, 0.1) is 0 Å². The average molecular weight is 330 g/mol. The second kappa shape index (κ2) is 6.99. The van der Waals surface area contributed by atoms with Crippen molar-refractivity contribution in [2.24, 2.45) is 0 Å². The van der Waals surface area contributed by atoms with Gasteiger partial charge in [0.2, 0.25) is 10.0 Å². The molecular weight excluding hydrogens is 312 g/mol. The Morgan fingerprint density at radius 3 is 2.52 bits per heavy atom. The van der Waals surface area contributed by atoms with E-state index >= 15 is 0 Å². The number of aromatic nitrogens is 2. The minimum atomic E-state index is -3.59. The van der Waals surface area contributed by atoms with Crippen molar-refractivity contribution in [1.82, 2.24) is 20.0 Å². The molecule has 0 fully saturated rings. The Labute approximate surface area is 135 Å². The van der Waals surface area contributed by atoms with Gasteiger partial charge in [0.25, 0.3) is 0 Å². The number of benzene rings is 1. The molecule has 0 amide bonds. The lowest BCUT2D eigenvalue weighted by Crippen LogP contribution is -2.29.